The number of ether oxygens (including phenoxy) is 2. The molecule has 4 nitrogen and oxygen atoms in total. The van der Waals surface area contributed by atoms with Crippen molar-refractivity contribution < 1.29 is 19.1 Å². The molecule has 0 aromatic heterocycles. The summed E-state index contributed by atoms with van der Waals surface area (Å²) in [7, 11) is 0. The zero-order valence-corrected chi connectivity index (χ0v) is 17.8. The Labute approximate surface area is 173 Å². The molecule has 3 aliphatic carbocycles. The topological polar surface area (TPSA) is 52.6 Å². The summed E-state index contributed by atoms with van der Waals surface area (Å²) in [6, 6.07) is 6.11. The Kier molecular flexibility index (Phi) is 5.08. The van der Waals surface area contributed by atoms with Gasteiger partial charge in [-0.05, 0) is 79.0 Å². The summed E-state index contributed by atoms with van der Waals surface area (Å²) in [5.74, 6) is 1.24. The molecule has 2 fully saturated rings. The molecule has 2 saturated carbocycles. The Morgan fingerprint density at radius 3 is 2.66 bits per heavy atom. The molecular formula is C25H32O4. The van der Waals surface area contributed by atoms with E-state index in [1.807, 2.05) is 12.1 Å². The fourth-order valence-electron chi connectivity index (χ4n) is 6.94. The van der Waals surface area contributed by atoms with E-state index >= 15 is 0 Å². The summed E-state index contributed by atoms with van der Waals surface area (Å²) < 4.78 is 11.0. The number of carbonyl (C=O) groups is 2. The smallest absolute Gasteiger partial charge is 0.308 e. The van der Waals surface area contributed by atoms with E-state index in [1.165, 1.54) is 25.0 Å². The minimum atomic E-state index is -0.287. The molecule has 0 N–H and O–H groups in total. The van der Waals surface area contributed by atoms with Gasteiger partial charge in [0.1, 0.15) is 11.9 Å². The van der Waals surface area contributed by atoms with E-state index in [4.69, 9.17) is 9.47 Å². The second kappa shape index (κ2) is 7.30. The van der Waals surface area contributed by atoms with E-state index in [0.29, 0.717) is 17.6 Å². The van der Waals surface area contributed by atoms with Gasteiger partial charge >= 0.3 is 11.9 Å². The number of fused-ring (bicyclic) bond motifs is 5. The molecule has 156 valence electrons. The van der Waals surface area contributed by atoms with Gasteiger partial charge in [-0.3, -0.25) is 9.59 Å². The standard InChI is InChI=1S/C25H32O4/c1-5-24-11-12-25(6-2)21-10-8-19(28-16(3)26)13-18(21)7-9-22(25)23(24)14-20(15-24)29-17(4)27/h6,8,10,13,20,22-23H,2,5,7,9,11-12,14-15H2,1,3-4H3/t20-,22+,23+,24-,25-/m1/s1. The Hall–Kier alpha value is -2.10. The van der Waals surface area contributed by atoms with Crippen molar-refractivity contribution in [2.75, 3.05) is 0 Å². The van der Waals surface area contributed by atoms with Crippen LogP contribution < -0.4 is 4.74 Å². The van der Waals surface area contributed by atoms with Crippen molar-refractivity contribution in [3.63, 3.8) is 0 Å². The zero-order chi connectivity index (χ0) is 20.8. The summed E-state index contributed by atoms with van der Waals surface area (Å²) in [6.07, 6.45) is 9.63. The maximum Gasteiger partial charge on any atom is 0.308 e. The Morgan fingerprint density at radius 1 is 1.21 bits per heavy atom. The van der Waals surface area contributed by atoms with E-state index in [1.54, 1.807) is 0 Å². The first-order chi connectivity index (χ1) is 13.8. The van der Waals surface area contributed by atoms with E-state index in [-0.39, 0.29) is 28.9 Å². The molecule has 0 spiro atoms. The lowest BCUT2D eigenvalue weighted by molar-refractivity contribution is -0.146. The van der Waals surface area contributed by atoms with Crippen LogP contribution in [0.5, 0.6) is 5.75 Å². The van der Waals surface area contributed by atoms with Crippen LogP contribution in [0.4, 0.5) is 0 Å². The minimum Gasteiger partial charge on any atom is -0.463 e. The van der Waals surface area contributed by atoms with Crippen LogP contribution in [0.1, 0.15) is 70.4 Å². The van der Waals surface area contributed by atoms with Crippen LogP contribution in [-0.2, 0) is 26.2 Å². The van der Waals surface area contributed by atoms with Gasteiger partial charge in [0, 0.05) is 19.3 Å². The van der Waals surface area contributed by atoms with Crippen LogP contribution in [0.2, 0.25) is 0 Å². The number of esters is 2. The van der Waals surface area contributed by atoms with Gasteiger partial charge in [0.05, 0.1) is 0 Å². The first-order valence-corrected chi connectivity index (χ1v) is 11.0. The van der Waals surface area contributed by atoms with Gasteiger partial charge < -0.3 is 9.47 Å². The first-order valence-electron chi connectivity index (χ1n) is 11.0. The van der Waals surface area contributed by atoms with Crippen LogP contribution in [0.3, 0.4) is 0 Å². The van der Waals surface area contributed by atoms with Crippen LogP contribution in [0, 0.1) is 17.3 Å². The molecular weight excluding hydrogens is 364 g/mol. The van der Waals surface area contributed by atoms with Crippen molar-refractivity contribution in [2.24, 2.45) is 17.3 Å². The first kappa shape index (κ1) is 20.2. The van der Waals surface area contributed by atoms with Gasteiger partial charge in [-0.15, -0.1) is 6.58 Å². The lowest BCUT2D eigenvalue weighted by Crippen LogP contribution is -2.50. The summed E-state index contributed by atoms with van der Waals surface area (Å²) >= 11 is 0. The van der Waals surface area contributed by atoms with E-state index < -0.39 is 0 Å². The monoisotopic (exact) mass is 396 g/mol. The lowest BCUT2D eigenvalue weighted by atomic mass is 9.48. The molecule has 5 atom stereocenters. The minimum absolute atomic E-state index is 0.0449. The zero-order valence-electron chi connectivity index (χ0n) is 17.8. The molecule has 0 bridgehead atoms. The Bertz CT molecular complexity index is 843. The van der Waals surface area contributed by atoms with Crippen molar-refractivity contribution in [1.82, 2.24) is 0 Å². The molecule has 0 amide bonds. The number of aryl methyl sites for hydroxylation is 1. The van der Waals surface area contributed by atoms with Crippen molar-refractivity contribution in [3.05, 3.63) is 42.0 Å². The molecule has 3 aliphatic rings. The fraction of sp³-hybridized carbons (Fsp3) is 0.600. The van der Waals surface area contributed by atoms with Gasteiger partial charge in [-0.1, -0.05) is 25.5 Å². The highest BCUT2D eigenvalue weighted by Crippen LogP contribution is 2.65. The van der Waals surface area contributed by atoms with Crippen molar-refractivity contribution in [2.45, 2.75) is 77.2 Å². The van der Waals surface area contributed by atoms with Crippen molar-refractivity contribution in [3.8, 4) is 5.75 Å². The van der Waals surface area contributed by atoms with E-state index in [2.05, 4.69) is 25.6 Å². The number of hydrogen-bond donors (Lipinski definition) is 0. The summed E-state index contributed by atoms with van der Waals surface area (Å²) in [5.41, 5.74) is 2.85. The molecule has 4 rings (SSSR count). The van der Waals surface area contributed by atoms with Crippen LogP contribution >= 0.6 is 0 Å². The van der Waals surface area contributed by atoms with Crippen LogP contribution in [0.15, 0.2) is 30.9 Å². The van der Waals surface area contributed by atoms with E-state index in [9.17, 15) is 9.59 Å². The maximum absolute atomic E-state index is 11.6. The highest BCUT2D eigenvalue weighted by molar-refractivity contribution is 5.69. The third-order valence-corrected chi connectivity index (χ3v) is 8.09. The molecule has 0 unspecified atom stereocenters. The molecule has 0 saturated heterocycles. The summed E-state index contributed by atoms with van der Waals surface area (Å²) in [6.45, 7) is 9.54. The van der Waals surface area contributed by atoms with Crippen LogP contribution in [0.25, 0.3) is 0 Å². The fourth-order valence-corrected chi connectivity index (χ4v) is 6.94. The average molecular weight is 397 g/mol. The second-order valence-corrected chi connectivity index (χ2v) is 9.30. The van der Waals surface area contributed by atoms with Crippen molar-refractivity contribution in [1.29, 1.82) is 0 Å². The highest BCUT2D eigenvalue weighted by atomic mass is 16.5. The quantitative estimate of drug-likeness (QED) is 0.402. The molecule has 1 aromatic carbocycles. The number of carbonyl (C=O) groups excluding carboxylic acids is 2. The Balaban J connectivity index is 1.70. The summed E-state index contributed by atoms with van der Waals surface area (Å²) in [5, 5.41) is 0. The predicted molar refractivity (Wildman–Crippen MR) is 112 cm³/mol. The average Bonchev–Trinajstić information content (AvgIpc) is 3.04. The van der Waals surface area contributed by atoms with Crippen molar-refractivity contribution >= 4 is 11.9 Å². The van der Waals surface area contributed by atoms with Crippen LogP contribution in [-0.4, -0.2) is 18.0 Å². The van der Waals surface area contributed by atoms with E-state index in [0.717, 1.165) is 44.9 Å². The van der Waals surface area contributed by atoms with Gasteiger partial charge in [0.15, 0.2) is 0 Å². The number of hydrogen-bond acceptors (Lipinski definition) is 4. The SMILES string of the molecule is C=C[C@]12CC[C@]3(CC)C[C@H](OC(C)=O)C[C@H]3[C@@H]1CCc1cc(OC(C)=O)ccc12. The highest BCUT2D eigenvalue weighted by Gasteiger charge is 2.59. The number of benzene rings is 1. The number of rotatable bonds is 4. The molecule has 0 aliphatic heterocycles. The largest absolute Gasteiger partial charge is 0.463 e. The van der Waals surface area contributed by atoms with Gasteiger partial charge in [0.25, 0.3) is 0 Å². The molecule has 1 aromatic rings. The van der Waals surface area contributed by atoms with Gasteiger partial charge in [-0.25, -0.2) is 0 Å². The molecule has 29 heavy (non-hydrogen) atoms. The summed E-state index contributed by atoms with van der Waals surface area (Å²) in [4.78, 5) is 23.0. The lowest BCUT2D eigenvalue weighted by Gasteiger charge is -2.56. The third kappa shape index (κ3) is 3.21. The molecule has 0 radical (unpaired) electrons. The second-order valence-electron chi connectivity index (χ2n) is 9.30. The predicted octanol–water partition coefficient (Wildman–Crippen LogP) is 5.13. The molecule has 0 heterocycles. The molecule has 4 heteroatoms. The normalized spacial score (nSPS) is 35.1. The maximum atomic E-state index is 11.6. The van der Waals surface area contributed by atoms with Gasteiger partial charge in [-0.2, -0.15) is 0 Å². The third-order valence-electron chi connectivity index (χ3n) is 8.09. The number of allylic oxidation sites excluding steroid dienone is 1. The Morgan fingerprint density at radius 2 is 2.00 bits per heavy atom. The van der Waals surface area contributed by atoms with Gasteiger partial charge in [0.2, 0.25) is 0 Å².